The van der Waals surface area contributed by atoms with Crippen molar-refractivity contribution in [2.75, 3.05) is 6.54 Å². The number of amides is 1. The van der Waals surface area contributed by atoms with Crippen LogP contribution in [0.2, 0.25) is 0 Å². The minimum Gasteiger partial charge on any atom is -0.344 e. The zero-order valence-corrected chi connectivity index (χ0v) is 10.4. The van der Waals surface area contributed by atoms with Crippen LogP contribution in [0.4, 0.5) is 0 Å². The van der Waals surface area contributed by atoms with Crippen LogP contribution in [0.1, 0.15) is 42.6 Å². The van der Waals surface area contributed by atoms with Crippen molar-refractivity contribution in [2.24, 2.45) is 5.73 Å². The van der Waals surface area contributed by atoms with Gasteiger partial charge in [-0.3, -0.25) is 9.59 Å². The lowest BCUT2D eigenvalue weighted by Gasteiger charge is -2.37. The molecule has 1 heterocycles. The Kier molecular flexibility index (Phi) is 3.81. The maximum atomic E-state index is 12.1. The van der Waals surface area contributed by atoms with Crippen molar-refractivity contribution < 1.29 is 4.79 Å². The summed E-state index contributed by atoms with van der Waals surface area (Å²) in [6.07, 6.45) is 5.18. The molecule has 0 radical (unpaired) electrons. The topological polar surface area (TPSA) is 88.0 Å². The molecule has 0 bridgehead atoms. The lowest BCUT2D eigenvalue weighted by atomic mass is 9.81. The van der Waals surface area contributed by atoms with Gasteiger partial charge < -0.3 is 16.0 Å². The van der Waals surface area contributed by atoms with E-state index < -0.39 is 0 Å². The maximum absolute atomic E-state index is 12.1. The number of pyridine rings is 1. The molecular weight excluding hydrogens is 230 g/mol. The normalized spacial score (nSPS) is 18.3. The molecule has 1 aromatic rings. The highest BCUT2D eigenvalue weighted by Gasteiger charge is 2.32. The number of hydrogen-bond acceptors (Lipinski definition) is 3. The quantitative estimate of drug-likeness (QED) is 0.739. The van der Waals surface area contributed by atoms with E-state index in [2.05, 4.69) is 10.3 Å². The Balaban J connectivity index is 2.12. The first-order valence-electron chi connectivity index (χ1n) is 6.37. The Bertz CT molecular complexity index is 475. The summed E-state index contributed by atoms with van der Waals surface area (Å²) in [5.41, 5.74) is 5.53. The van der Waals surface area contributed by atoms with Crippen LogP contribution in [-0.4, -0.2) is 23.0 Å². The minimum absolute atomic E-state index is 0.250. The van der Waals surface area contributed by atoms with E-state index in [1.54, 1.807) is 12.1 Å². The fourth-order valence-electron chi connectivity index (χ4n) is 2.50. The molecule has 5 heteroatoms. The second kappa shape index (κ2) is 5.35. The summed E-state index contributed by atoms with van der Waals surface area (Å²) in [7, 11) is 0. The molecule has 4 N–H and O–H groups in total. The van der Waals surface area contributed by atoms with Gasteiger partial charge in [-0.2, -0.15) is 0 Å². The first-order chi connectivity index (χ1) is 8.65. The first kappa shape index (κ1) is 12.8. The van der Waals surface area contributed by atoms with Crippen molar-refractivity contribution in [1.29, 1.82) is 0 Å². The fourth-order valence-corrected chi connectivity index (χ4v) is 2.50. The molecule has 98 valence electrons. The molecule has 1 saturated carbocycles. The van der Waals surface area contributed by atoms with Crippen LogP contribution >= 0.6 is 0 Å². The summed E-state index contributed by atoms with van der Waals surface area (Å²) in [5, 5.41) is 2.99. The summed E-state index contributed by atoms with van der Waals surface area (Å²) >= 11 is 0. The molecule has 0 spiro atoms. The summed E-state index contributed by atoms with van der Waals surface area (Å²) in [6, 6.07) is 4.56. The van der Waals surface area contributed by atoms with Crippen molar-refractivity contribution in [3.8, 4) is 0 Å². The summed E-state index contributed by atoms with van der Waals surface area (Å²) in [6.45, 7) is 0.440. The molecule has 1 aromatic heterocycles. The third kappa shape index (κ3) is 2.79. The molecule has 0 unspecified atom stereocenters. The number of aromatic nitrogens is 1. The van der Waals surface area contributed by atoms with Gasteiger partial charge in [-0.1, -0.05) is 25.3 Å². The van der Waals surface area contributed by atoms with E-state index >= 15 is 0 Å². The van der Waals surface area contributed by atoms with E-state index in [9.17, 15) is 9.59 Å². The molecule has 1 aliphatic rings. The van der Waals surface area contributed by atoms with E-state index in [0.717, 1.165) is 25.7 Å². The lowest BCUT2D eigenvalue weighted by molar-refractivity contribution is 0.0869. The second-order valence-electron chi connectivity index (χ2n) is 4.93. The molecule has 2 rings (SSSR count). The zero-order chi connectivity index (χ0) is 13.0. The van der Waals surface area contributed by atoms with Crippen molar-refractivity contribution in [3.05, 3.63) is 34.2 Å². The van der Waals surface area contributed by atoms with Crippen LogP contribution < -0.4 is 16.6 Å². The summed E-state index contributed by atoms with van der Waals surface area (Å²) < 4.78 is 0. The number of nitrogens with two attached hydrogens (primary N) is 1. The molecule has 0 aromatic carbocycles. The van der Waals surface area contributed by atoms with Crippen molar-refractivity contribution in [1.82, 2.24) is 10.3 Å². The largest absolute Gasteiger partial charge is 0.344 e. The molecule has 0 atom stereocenters. The zero-order valence-electron chi connectivity index (χ0n) is 10.4. The SMILES string of the molecule is NCC1(NC(=O)c2cccc(=O)[nH]2)CCCCC1. The molecule has 5 nitrogen and oxygen atoms in total. The van der Waals surface area contributed by atoms with Gasteiger partial charge in [-0.15, -0.1) is 0 Å². The van der Waals surface area contributed by atoms with Crippen LogP contribution in [0.25, 0.3) is 0 Å². The number of aromatic amines is 1. The lowest BCUT2D eigenvalue weighted by Crippen LogP contribution is -2.55. The molecule has 18 heavy (non-hydrogen) atoms. The highest BCUT2D eigenvalue weighted by Crippen LogP contribution is 2.27. The van der Waals surface area contributed by atoms with E-state index in [1.807, 2.05) is 0 Å². The van der Waals surface area contributed by atoms with Gasteiger partial charge in [-0.05, 0) is 18.9 Å². The van der Waals surface area contributed by atoms with E-state index in [0.29, 0.717) is 12.2 Å². The maximum Gasteiger partial charge on any atom is 0.268 e. The summed E-state index contributed by atoms with van der Waals surface area (Å²) in [5.74, 6) is -0.250. The predicted molar refractivity (Wildman–Crippen MR) is 69.4 cm³/mol. The highest BCUT2D eigenvalue weighted by molar-refractivity contribution is 5.92. The average molecular weight is 249 g/mol. The van der Waals surface area contributed by atoms with Crippen molar-refractivity contribution >= 4 is 5.91 Å². The molecule has 1 amide bonds. The smallest absolute Gasteiger partial charge is 0.268 e. The van der Waals surface area contributed by atoms with Gasteiger partial charge in [0.2, 0.25) is 5.56 Å². The molecule has 0 aliphatic heterocycles. The van der Waals surface area contributed by atoms with Gasteiger partial charge in [0.1, 0.15) is 5.69 Å². The van der Waals surface area contributed by atoms with Crippen molar-refractivity contribution in [3.63, 3.8) is 0 Å². The number of carbonyl (C=O) groups is 1. The van der Waals surface area contributed by atoms with Gasteiger partial charge >= 0.3 is 0 Å². The van der Waals surface area contributed by atoms with Gasteiger partial charge in [0.05, 0.1) is 5.54 Å². The third-order valence-electron chi connectivity index (χ3n) is 3.59. The van der Waals surface area contributed by atoms with Crippen molar-refractivity contribution in [2.45, 2.75) is 37.6 Å². The number of H-pyrrole nitrogens is 1. The van der Waals surface area contributed by atoms with Crippen LogP contribution in [0.3, 0.4) is 0 Å². The van der Waals surface area contributed by atoms with Crippen LogP contribution in [0.5, 0.6) is 0 Å². The minimum atomic E-state index is -0.304. The first-order valence-corrected chi connectivity index (χ1v) is 6.37. The third-order valence-corrected chi connectivity index (χ3v) is 3.59. The molecule has 0 saturated heterocycles. The van der Waals surface area contributed by atoms with E-state index in [-0.39, 0.29) is 17.0 Å². The Labute approximate surface area is 106 Å². The standard InChI is InChI=1S/C13H19N3O2/c14-9-13(7-2-1-3-8-13)16-12(18)10-5-4-6-11(17)15-10/h4-6H,1-3,7-9,14H2,(H,15,17)(H,16,18). The van der Waals surface area contributed by atoms with Crippen LogP contribution in [0.15, 0.2) is 23.0 Å². The van der Waals surface area contributed by atoms with E-state index in [4.69, 9.17) is 5.73 Å². The average Bonchev–Trinajstić information content (AvgIpc) is 2.40. The number of nitrogens with one attached hydrogen (secondary N) is 2. The fraction of sp³-hybridized carbons (Fsp3) is 0.538. The number of carbonyl (C=O) groups excluding carboxylic acids is 1. The van der Waals surface area contributed by atoms with E-state index in [1.165, 1.54) is 12.5 Å². The van der Waals surface area contributed by atoms with Crippen LogP contribution in [0, 0.1) is 0 Å². The van der Waals surface area contributed by atoms with Crippen LogP contribution in [-0.2, 0) is 0 Å². The Hall–Kier alpha value is -1.62. The molecule has 1 fully saturated rings. The highest BCUT2D eigenvalue weighted by atomic mass is 16.2. The number of rotatable bonds is 3. The Morgan fingerprint density at radius 3 is 2.67 bits per heavy atom. The van der Waals surface area contributed by atoms with Gasteiger partial charge in [-0.25, -0.2) is 0 Å². The summed E-state index contributed by atoms with van der Waals surface area (Å²) in [4.78, 5) is 25.8. The monoisotopic (exact) mass is 249 g/mol. The Morgan fingerprint density at radius 2 is 2.06 bits per heavy atom. The number of hydrogen-bond donors (Lipinski definition) is 3. The predicted octanol–water partition coefficient (Wildman–Crippen LogP) is 0.766. The second-order valence-corrected chi connectivity index (χ2v) is 4.93. The van der Waals surface area contributed by atoms with Gasteiger partial charge in [0.15, 0.2) is 0 Å². The molecular formula is C13H19N3O2. The van der Waals surface area contributed by atoms with Gasteiger partial charge in [0, 0.05) is 12.6 Å². The van der Waals surface area contributed by atoms with Gasteiger partial charge in [0.25, 0.3) is 5.91 Å². The Morgan fingerprint density at radius 1 is 1.33 bits per heavy atom. The molecule has 1 aliphatic carbocycles.